The SMILES string of the molecule is FC(F)F.NS(=O)[O-].[Li+]. The quantitative estimate of drug-likeness (QED) is 0.299. The number of halogens is 3. The molecule has 0 heterocycles. The summed E-state index contributed by atoms with van der Waals surface area (Å²) in [6.45, 7) is -3.67. The molecule has 0 radical (unpaired) electrons. The smallest absolute Gasteiger partial charge is 0.760 e. The van der Waals surface area contributed by atoms with E-state index in [0.717, 1.165) is 0 Å². The van der Waals surface area contributed by atoms with Crippen molar-refractivity contribution >= 4 is 11.3 Å². The van der Waals surface area contributed by atoms with Gasteiger partial charge in [-0.1, -0.05) is 0 Å². The molecule has 0 saturated carbocycles. The largest absolute Gasteiger partial charge is 1.00 e. The molecule has 1 unspecified atom stereocenters. The Labute approximate surface area is 64.4 Å². The second kappa shape index (κ2) is 11.3. The molecule has 3 nitrogen and oxygen atoms in total. The van der Waals surface area contributed by atoms with Crippen LogP contribution in [-0.4, -0.2) is 15.4 Å². The molecule has 2 N–H and O–H groups in total. The third kappa shape index (κ3) is 1690. The van der Waals surface area contributed by atoms with Crippen molar-refractivity contribution in [1.82, 2.24) is 0 Å². The Bertz CT molecular complexity index is 66.1. The van der Waals surface area contributed by atoms with Crippen LogP contribution in [0.4, 0.5) is 13.2 Å². The average Bonchev–Trinajstić information content (AvgIpc) is 1.25. The van der Waals surface area contributed by atoms with E-state index in [0.29, 0.717) is 0 Å². The summed E-state index contributed by atoms with van der Waals surface area (Å²) in [5.74, 6) is 0. The standard InChI is InChI=1S/CHF3.Li.H3NO2S/c2-1(3)4;;1-4(2)3/h1H;;1H2,(H,2,3)/q;+1;/p-1. The molecule has 0 amide bonds. The fourth-order valence-corrected chi connectivity index (χ4v) is 0. The first-order valence-corrected chi connectivity index (χ1v) is 2.36. The van der Waals surface area contributed by atoms with Gasteiger partial charge in [-0.3, -0.25) is 9.35 Å². The molecule has 0 aromatic rings. The van der Waals surface area contributed by atoms with Gasteiger partial charge in [0.05, 0.1) is 0 Å². The zero-order valence-electron chi connectivity index (χ0n) is 4.51. The summed E-state index contributed by atoms with van der Waals surface area (Å²) in [6, 6.07) is 0. The molecule has 0 rings (SSSR count). The summed E-state index contributed by atoms with van der Waals surface area (Å²) in [4.78, 5) is 0. The molecule has 0 aromatic heterocycles. The summed E-state index contributed by atoms with van der Waals surface area (Å²) in [6.07, 6.45) is 0. The summed E-state index contributed by atoms with van der Waals surface area (Å²) in [5, 5.41) is 4.03. The molecule has 0 aliphatic carbocycles. The second-order valence-corrected chi connectivity index (χ2v) is 1.03. The molecule has 0 saturated heterocycles. The summed E-state index contributed by atoms with van der Waals surface area (Å²) in [7, 11) is 0. The molecule has 52 valence electrons. The van der Waals surface area contributed by atoms with Crippen LogP contribution in [0, 0.1) is 0 Å². The average molecular weight is 157 g/mol. The van der Waals surface area contributed by atoms with E-state index in [1.54, 1.807) is 0 Å². The van der Waals surface area contributed by atoms with E-state index in [-0.39, 0.29) is 18.9 Å². The zero-order valence-corrected chi connectivity index (χ0v) is 5.33. The van der Waals surface area contributed by atoms with Gasteiger partial charge in [-0.2, -0.15) is 13.2 Å². The Hall–Kier alpha value is 0.457. The third-order valence-electron chi connectivity index (χ3n) is 0. The van der Waals surface area contributed by atoms with Crippen LogP contribution < -0.4 is 24.0 Å². The minimum Gasteiger partial charge on any atom is -0.760 e. The van der Waals surface area contributed by atoms with Crippen LogP contribution in [0.15, 0.2) is 0 Å². The number of hydrogen-bond acceptors (Lipinski definition) is 2. The first kappa shape index (κ1) is 16.2. The van der Waals surface area contributed by atoms with Crippen LogP contribution >= 0.6 is 0 Å². The van der Waals surface area contributed by atoms with Crippen molar-refractivity contribution in [2.45, 2.75) is 6.68 Å². The van der Waals surface area contributed by atoms with Crippen molar-refractivity contribution in [3.05, 3.63) is 0 Å². The Morgan fingerprint density at radius 1 is 1.44 bits per heavy atom. The van der Waals surface area contributed by atoms with Gasteiger partial charge in [0, 0.05) is 11.3 Å². The van der Waals surface area contributed by atoms with Gasteiger partial charge < -0.3 is 4.55 Å². The van der Waals surface area contributed by atoms with E-state index in [4.69, 9.17) is 8.76 Å². The number of alkyl halides is 3. The van der Waals surface area contributed by atoms with Crippen molar-refractivity contribution < 1.29 is 40.8 Å². The van der Waals surface area contributed by atoms with Gasteiger partial charge in [-0.15, -0.1) is 0 Å². The van der Waals surface area contributed by atoms with Crippen molar-refractivity contribution in [3.63, 3.8) is 0 Å². The predicted molar refractivity (Wildman–Crippen MR) is 20.2 cm³/mol. The third-order valence-corrected chi connectivity index (χ3v) is 0. The van der Waals surface area contributed by atoms with E-state index in [1.165, 1.54) is 0 Å². The van der Waals surface area contributed by atoms with Gasteiger partial charge in [0.25, 0.3) is 0 Å². The van der Waals surface area contributed by atoms with Crippen molar-refractivity contribution in [2.75, 3.05) is 0 Å². The number of nitrogens with two attached hydrogens (primary N) is 1. The molecule has 0 aromatic carbocycles. The van der Waals surface area contributed by atoms with E-state index >= 15 is 0 Å². The van der Waals surface area contributed by atoms with E-state index in [9.17, 15) is 13.2 Å². The Morgan fingerprint density at radius 2 is 1.44 bits per heavy atom. The minimum absolute atomic E-state index is 0. The van der Waals surface area contributed by atoms with Crippen LogP contribution in [-0.2, 0) is 11.3 Å². The normalized spacial score (nSPS) is 10.9. The van der Waals surface area contributed by atoms with Crippen LogP contribution in [0.2, 0.25) is 0 Å². The minimum atomic E-state index is -3.67. The fourth-order valence-electron chi connectivity index (χ4n) is 0. The molecule has 1 atom stereocenters. The Balaban J connectivity index is -0.0000000720. The van der Waals surface area contributed by atoms with Crippen molar-refractivity contribution in [1.29, 1.82) is 0 Å². The van der Waals surface area contributed by atoms with Gasteiger partial charge >= 0.3 is 25.5 Å². The van der Waals surface area contributed by atoms with Gasteiger partial charge in [0.1, 0.15) is 0 Å². The first-order valence-electron chi connectivity index (χ1n) is 1.22. The topological polar surface area (TPSA) is 66.2 Å². The molecular formula is CH3F3LiNO2S. The molecule has 8 heteroatoms. The Kier molecular flexibility index (Phi) is 20.3. The molecule has 0 spiro atoms. The maximum absolute atomic E-state index is 9.67. The fraction of sp³-hybridized carbons (Fsp3) is 1.00. The molecule has 0 bridgehead atoms. The van der Waals surface area contributed by atoms with Gasteiger partial charge in [-0.05, 0) is 0 Å². The second-order valence-electron chi connectivity index (χ2n) is 0.508. The molecule has 0 fully saturated rings. The van der Waals surface area contributed by atoms with Crippen LogP contribution in [0.5, 0.6) is 0 Å². The van der Waals surface area contributed by atoms with E-state index in [2.05, 4.69) is 5.14 Å². The Morgan fingerprint density at radius 3 is 1.44 bits per heavy atom. The van der Waals surface area contributed by atoms with Gasteiger partial charge in [0.15, 0.2) is 0 Å². The molecule has 9 heavy (non-hydrogen) atoms. The van der Waals surface area contributed by atoms with Crippen LogP contribution in [0.25, 0.3) is 0 Å². The zero-order chi connectivity index (χ0) is 7.15. The maximum Gasteiger partial charge on any atom is 1.00 e. The predicted octanol–water partition coefficient (Wildman–Crippen LogP) is -3.08. The van der Waals surface area contributed by atoms with Gasteiger partial charge in [0.2, 0.25) is 0 Å². The first-order chi connectivity index (χ1) is 3.46. The number of hydrogen-bond donors (Lipinski definition) is 1. The van der Waals surface area contributed by atoms with E-state index in [1.807, 2.05) is 0 Å². The van der Waals surface area contributed by atoms with Gasteiger partial charge in [-0.25, -0.2) is 0 Å². The molecule has 0 aliphatic rings. The number of rotatable bonds is 0. The van der Waals surface area contributed by atoms with E-state index < -0.39 is 17.9 Å². The maximum atomic E-state index is 9.67. The summed E-state index contributed by atoms with van der Waals surface area (Å²) < 4.78 is 46.6. The van der Waals surface area contributed by atoms with Crippen LogP contribution in [0.1, 0.15) is 0 Å². The molecule has 0 aliphatic heterocycles. The van der Waals surface area contributed by atoms with Crippen LogP contribution in [0.3, 0.4) is 0 Å². The van der Waals surface area contributed by atoms with Crippen molar-refractivity contribution in [3.8, 4) is 0 Å². The summed E-state index contributed by atoms with van der Waals surface area (Å²) in [5.41, 5.74) is 0. The summed E-state index contributed by atoms with van der Waals surface area (Å²) >= 11 is -2.36. The van der Waals surface area contributed by atoms with Crippen molar-refractivity contribution in [2.24, 2.45) is 5.14 Å². The molecular weight excluding hydrogens is 154 g/mol. The monoisotopic (exact) mass is 157 g/mol.